The van der Waals surface area contributed by atoms with E-state index in [1.165, 1.54) is 22.8 Å². The molecule has 130 valence electrons. The molecule has 4 aliphatic rings. The van der Waals surface area contributed by atoms with Crippen molar-refractivity contribution in [1.82, 2.24) is 9.80 Å². The molecule has 4 heterocycles. The number of hydrogen-bond acceptors (Lipinski definition) is 4. The van der Waals surface area contributed by atoms with Crippen LogP contribution in [0, 0.1) is 0 Å². The van der Waals surface area contributed by atoms with Gasteiger partial charge in [0.05, 0.1) is 22.2 Å². The Morgan fingerprint density at radius 1 is 0.692 bits per heavy atom. The molecular formula is C22H22N4. The van der Waals surface area contributed by atoms with Gasteiger partial charge < -0.3 is 9.80 Å². The highest BCUT2D eigenvalue weighted by Crippen LogP contribution is 2.63. The molecule has 4 aliphatic heterocycles. The fourth-order valence-corrected chi connectivity index (χ4v) is 5.99. The normalized spacial score (nSPS) is 30.7. The number of amidine groups is 2. The van der Waals surface area contributed by atoms with Gasteiger partial charge in [0.25, 0.3) is 0 Å². The van der Waals surface area contributed by atoms with Crippen LogP contribution in [0.5, 0.6) is 0 Å². The first kappa shape index (κ1) is 14.5. The second-order valence-corrected chi connectivity index (χ2v) is 8.06. The van der Waals surface area contributed by atoms with Crippen LogP contribution in [0.1, 0.15) is 24.0 Å². The summed E-state index contributed by atoms with van der Waals surface area (Å²) >= 11 is 0. The molecule has 6 rings (SSSR count). The van der Waals surface area contributed by atoms with Crippen LogP contribution in [-0.4, -0.2) is 48.7 Å². The first-order valence-electron chi connectivity index (χ1n) is 9.48. The van der Waals surface area contributed by atoms with Crippen molar-refractivity contribution in [2.45, 2.75) is 23.7 Å². The van der Waals surface area contributed by atoms with Crippen LogP contribution in [0.15, 0.2) is 58.5 Å². The van der Waals surface area contributed by atoms with Crippen molar-refractivity contribution in [3.05, 3.63) is 59.7 Å². The van der Waals surface area contributed by atoms with Gasteiger partial charge in [-0.25, -0.2) is 9.98 Å². The average Bonchev–Trinajstić information content (AvgIpc) is 3.19. The number of hydrogen-bond donors (Lipinski definition) is 0. The van der Waals surface area contributed by atoms with E-state index < -0.39 is 0 Å². The van der Waals surface area contributed by atoms with Crippen molar-refractivity contribution in [2.24, 2.45) is 9.98 Å². The zero-order chi connectivity index (χ0) is 17.5. The van der Waals surface area contributed by atoms with Gasteiger partial charge in [-0.2, -0.15) is 0 Å². The summed E-state index contributed by atoms with van der Waals surface area (Å²) in [6.07, 6.45) is 2.16. The Labute approximate surface area is 153 Å². The maximum atomic E-state index is 5.15. The molecule has 0 saturated carbocycles. The highest BCUT2D eigenvalue weighted by Gasteiger charge is 2.68. The van der Waals surface area contributed by atoms with E-state index >= 15 is 0 Å². The molecule has 0 aliphatic carbocycles. The van der Waals surface area contributed by atoms with Crippen molar-refractivity contribution in [1.29, 1.82) is 0 Å². The molecule has 0 radical (unpaired) electrons. The third-order valence-electron chi connectivity index (χ3n) is 7.04. The van der Waals surface area contributed by atoms with Gasteiger partial charge in [0.1, 0.15) is 11.7 Å². The van der Waals surface area contributed by atoms with Crippen molar-refractivity contribution in [3.63, 3.8) is 0 Å². The maximum Gasteiger partial charge on any atom is 0.117 e. The Morgan fingerprint density at radius 2 is 1.12 bits per heavy atom. The zero-order valence-corrected chi connectivity index (χ0v) is 15.2. The summed E-state index contributed by atoms with van der Waals surface area (Å²) in [7, 11) is 4.41. The molecule has 26 heavy (non-hydrogen) atoms. The Kier molecular flexibility index (Phi) is 2.55. The molecular weight excluding hydrogens is 320 g/mol. The quantitative estimate of drug-likeness (QED) is 0.732. The minimum absolute atomic E-state index is 0.103. The molecule has 0 amide bonds. The van der Waals surface area contributed by atoms with Gasteiger partial charge in [0.2, 0.25) is 0 Å². The fraction of sp³-hybridized carbons (Fsp3) is 0.364. The molecule has 0 bridgehead atoms. The van der Waals surface area contributed by atoms with E-state index in [0.717, 1.165) is 37.3 Å². The van der Waals surface area contributed by atoms with Gasteiger partial charge in [-0.05, 0) is 36.1 Å². The summed E-state index contributed by atoms with van der Waals surface area (Å²) in [5, 5.41) is 0. The highest BCUT2D eigenvalue weighted by atomic mass is 15.3. The van der Waals surface area contributed by atoms with Crippen LogP contribution in [-0.2, 0) is 10.8 Å². The summed E-state index contributed by atoms with van der Waals surface area (Å²) < 4.78 is 0. The lowest BCUT2D eigenvalue weighted by Gasteiger charge is -2.58. The van der Waals surface area contributed by atoms with Gasteiger partial charge in [0.15, 0.2) is 0 Å². The Balaban J connectivity index is 1.74. The molecule has 0 N–H and O–H groups in total. The molecule has 2 aromatic carbocycles. The molecule has 2 fully saturated rings. The second-order valence-electron chi connectivity index (χ2n) is 8.06. The topological polar surface area (TPSA) is 31.2 Å². The first-order valence-corrected chi connectivity index (χ1v) is 9.48. The summed E-state index contributed by atoms with van der Waals surface area (Å²) in [6.45, 7) is 2.02. The first-order chi connectivity index (χ1) is 12.7. The number of benzene rings is 2. The largest absolute Gasteiger partial charge is 0.362 e. The average molecular weight is 342 g/mol. The molecule has 2 spiro atoms. The highest BCUT2D eigenvalue weighted by molar-refractivity contribution is 6.13. The number of likely N-dealkylation sites (N-methyl/N-ethyl adjacent to an activating group) is 2. The van der Waals surface area contributed by atoms with Gasteiger partial charge in [0, 0.05) is 27.2 Å². The summed E-state index contributed by atoms with van der Waals surface area (Å²) in [5.74, 6) is 2.48. The van der Waals surface area contributed by atoms with Crippen molar-refractivity contribution in [3.8, 4) is 0 Å². The minimum atomic E-state index is -0.103. The van der Waals surface area contributed by atoms with Gasteiger partial charge >= 0.3 is 0 Å². The summed E-state index contributed by atoms with van der Waals surface area (Å²) in [4.78, 5) is 15.1. The van der Waals surface area contributed by atoms with E-state index in [-0.39, 0.29) is 10.8 Å². The number of nitrogens with zero attached hydrogens (tertiary/aromatic N) is 4. The SMILES string of the molecule is CN1CC[C@@]23C(=Nc4ccccc42)N(C)CC[C@]32C1=Nc1ccccc12. The predicted octanol–water partition coefficient (Wildman–Crippen LogP) is 3.62. The van der Waals surface area contributed by atoms with Crippen molar-refractivity contribution >= 4 is 23.0 Å². The van der Waals surface area contributed by atoms with E-state index in [1.54, 1.807) is 0 Å². The smallest absolute Gasteiger partial charge is 0.117 e. The van der Waals surface area contributed by atoms with Crippen LogP contribution in [0.2, 0.25) is 0 Å². The number of piperidine rings is 2. The van der Waals surface area contributed by atoms with Gasteiger partial charge in [-0.3, -0.25) is 0 Å². The number of rotatable bonds is 0. The van der Waals surface area contributed by atoms with E-state index in [9.17, 15) is 0 Å². The number of aliphatic imine (C=N–C) groups is 2. The Bertz CT molecular complexity index is 925. The van der Waals surface area contributed by atoms with Crippen LogP contribution in [0.4, 0.5) is 11.4 Å². The van der Waals surface area contributed by atoms with Crippen LogP contribution >= 0.6 is 0 Å². The lowest BCUT2D eigenvalue weighted by atomic mass is 9.50. The fourth-order valence-electron chi connectivity index (χ4n) is 5.99. The molecule has 0 aromatic heterocycles. The summed E-state index contributed by atoms with van der Waals surface area (Å²) in [5.41, 5.74) is 4.86. The minimum Gasteiger partial charge on any atom is -0.362 e. The Hall–Kier alpha value is -2.62. The third kappa shape index (κ3) is 1.37. The third-order valence-corrected chi connectivity index (χ3v) is 7.04. The molecule has 2 saturated heterocycles. The summed E-state index contributed by atoms with van der Waals surface area (Å²) in [6, 6.07) is 17.5. The van der Waals surface area contributed by atoms with Crippen LogP contribution in [0.25, 0.3) is 0 Å². The van der Waals surface area contributed by atoms with Crippen molar-refractivity contribution < 1.29 is 0 Å². The zero-order valence-electron chi connectivity index (χ0n) is 15.2. The maximum absolute atomic E-state index is 5.15. The molecule has 4 heteroatoms. The van der Waals surface area contributed by atoms with Gasteiger partial charge in [-0.1, -0.05) is 36.4 Å². The van der Waals surface area contributed by atoms with E-state index in [2.05, 4.69) is 72.4 Å². The lowest BCUT2D eigenvalue weighted by molar-refractivity contribution is 0.195. The number of likely N-dealkylation sites (tertiary alicyclic amines) is 2. The molecule has 2 aromatic rings. The molecule has 4 nitrogen and oxygen atoms in total. The molecule has 2 atom stereocenters. The number of fused-ring (bicyclic) bond motifs is 2. The van der Waals surface area contributed by atoms with E-state index in [0.29, 0.717) is 0 Å². The molecule has 0 unspecified atom stereocenters. The van der Waals surface area contributed by atoms with Gasteiger partial charge in [-0.15, -0.1) is 0 Å². The van der Waals surface area contributed by atoms with Crippen LogP contribution < -0.4 is 0 Å². The monoisotopic (exact) mass is 342 g/mol. The lowest BCUT2D eigenvalue weighted by Crippen LogP contribution is -2.70. The van der Waals surface area contributed by atoms with E-state index in [1.807, 2.05) is 0 Å². The van der Waals surface area contributed by atoms with Crippen LogP contribution in [0.3, 0.4) is 0 Å². The van der Waals surface area contributed by atoms with Crippen molar-refractivity contribution in [2.75, 3.05) is 27.2 Å². The Morgan fingerprint density at radius 3 is 1.58 bits per heavy atom. The number of para-hydroxylation sites is 2. The second kappa shape index (κ2) is 4.56. The van der Waals surface area contributed by atoms with E-state index in [4.69, 9.17) is 9.98 Å². The predicted molar refractivity (Wildman–Crippen MR) is 105 cm³/mol. The standard InChI is InChI=1S/C22H22N4/c1-25-13-11-22-16-8-4-6-10-18(16)24-20(22)26(2)14-12-21(22)15-7-3-5-9-17(15)23-19(21)25/h3-10H,11-14H2,1-2H3/t21-,22-/m0/s1.